The molecule has 0 N–H and O–H groups in total. The second-order valence-corrected chi connectivity index (χ2v) is 8.04. The van der Waals surface area contributed by atoms with Crippen LogP contribution in [0.1, 0.15) is 73.6 Å². The molecule has 0 spiro atoms. The van der Waals surface area contributed by atoms with E-state index in [1.165, 1.54) is 7.11 Å². The third-order valence-electron chi connectivity index (χ3n) is 3.40. The van der Waals surface area contributed by atoms with Crippen molar-refractivity contribution in [2.24, 2.45) is 5.92 Å². The fourth-order valence-corrected chi connectivity index (χ4v) is 2.33. The second kappa shape index (κ2) is 7.92. The van der Waals surface area contributed by atoms with Crippen LogP contribution in [0.3, 0.4) is 0 Å². The molecular weight excluding hydrogens is 300 g/mol. The number of hydrogen-bond acceptors (Lipinski definition) is 6. The standard InChI is InChI=1S/C17H32O6/c1-15(2,3)20-22-17(23-21-16(4,5)6)12-10-8-9-11-13(17)14(18)19-7/h13H,8-12H2,1-7H3. The highest BCUT2D eigenvalue weighted by Gasteiger charge is 2.50. The molecule has 0 aromatic heterocycles. The molecule has 1 rings (SSSR count). The van der Waals surface area contributed by atoms with E-state index in [0.717, 1.165) is 19.3 Å². The van der Waals surface area contributed by atoms with Crippen LogP contribution in [0.25, 0.3) is 0 Å². The van der Waals surface area contributed by atoms with Gasteiger partial charge in [-0.25, -0.2) is 9.78 Å². The highest BCUT2D eigenvalue weighted by molar-refractivity contribution is 5.73. The summed E-state index contributed by atoms with van der Waals surface area (Å²) < 4.78 is 4.95. The summed E-state index contributed by atoms with van der Waals surface area (Å²) in [5.41, 5.74) is -1.07. The van der Waals surface area contributed by atoms with Gasteiger partial charge in [-0.1, -0.05) is 12.8 Å². The van der Waals surface area contributed by atoms with E-state index in [2.05, 4.69) is 0 Å². The van der Waals surface area contributed by atoms with Crippen LogP contribution in [0.15, 0.2) is 0 Å². The quantitative estimate of drug-likeness (QED) is 0.250. The largest absolute Gasteiger partial charge is 0.469 e. The Kier molecular flexibility index (Phi) is 7.01. The molecule has 0 bridgehead atoms. The van der Waals surface area contributed by atoms with E-state index < -0.39 is 22.9 Å². The first-order valence-electron chi connectivity index (χ1n) is 8.31. The molecule has 0 radical (unpaired) electrons. The average molecular weight is 332 g/mol. The Morgan fingerprint density at radius 1 is 0.913 bits per heavy atom. The Morgan fingerprint density at radius 2 is 1.43 bits per heavy atom. The molecule has 1 saturated carbocycles. The lowest BCUT2D eigenvalue weighted by Gasteiger charge is -2.38. The van der Waals surface area contributed by atoms with E-state index in [1.54, 1.807) is 0 Å². The summed E-state index contributed by atoms with van der Waals surface area (Å²) in [5.74, 6) is -2.27. The molecule has 6 heteroatoms. The molecule has 6 nitrogen and oxygen atoms in total. The minimum atomic E-state index is -1.30. The second-order valence-electron chi connectivity index (χ2n) is 8.04. The molecule has 23 heavy (non-hydrogen) atoms. The molecule has 1 fully saturated rings. The summed E-state index contributed by atoms with van der Waals surface area (Å²) in [7, 11) is 1.37. The first kappa shape index (κ1) is 20.4. The maximum Gasteiger partial charge on any atom is 0.314 e. The summed E-state index contributed by atoms with van der Waals surface area (Å²) >= 11 is 0. The van der Waals surface area contributed by atoms with Crippen molar-refractivity contribution < 1.29 is 29.1 Å². The van der Waals surface area contributed by atoms with Gasteiger partial charge in [0, 0.05) is 6.42 Å². The third-order valence-corrected chi connectivity index (χ3v) is 3.40. The van der Waals surface area contributed by atoms with E-state index in [4.69, 9.17) is 24.3 Å². The average Bonchev–Trinajstić information content (AvgIpc) is 2.64. The van der Waals surface area contributed by atoms with Crippen LogP contribution in [0.5, 0.6) is 0 Å². The molecule has 0 aromatic rings. The van der Waals surface area contributed by atoms with Gasteiger partial charge in [0.1, 0.15) is 5.92 Å². The van der Waals surface area contributed by atoms with Crippen molar-refractivity contribution in [3.05, 3.63) is 0 Å². The smallest absolute Gasteiger partial charge is 0.314 e. The third kappa shape index (κ3) is 6.75. The number of esters is 1. The molecular formula is C17H32O6. The van der Waals surface area contributed by atoms with Crippen molar-refractivity contribution in [2.75, 3.05) is 7.11 Å². The number of carbonyl (C=O) groups excluding carboxylic acids is 1. The first-order chi connectivity index (χ1) is 10.5. The molecule has 1 atom stereocenters. The Bertz CT molecular complexity index is 362. The maximum atomic E-state index is 12.3. The van der Waals surface area contributed by atoms with Crippen LogP contribution in [0.2, 0.25) is 0 Å². The van der Waals surface area contributed by atoms with Gasteiger partial charge in [0.05, 0.1) is 18.3 Å². The van der Waals surface area contributed by atoms with Gasteiger partial charge in [-0.15, -0.1) is 0 Å². The number of rotatable bonds is 5. The van der Waals surface area contributed by atoms with Crippen molar-refractivity contribution in [1.29, 1.82) is 0 Å². The van der Waals surface area contributed by atoms with Crippen molar-refractivity contribution >= 4 is 5.97 Å². The molecule has 0 saturated heterocycles. The number of hydrogen-bond donors (Lipinski definition) is 0. The Hall–Kier alpha value is -0.690. The zero-order valence-electron chi connectivity index (χ0n) is 15.6. The van der Waals surface area contributed by atoms with Crippen molar-refractivity contribution in [3.63, 3.8) is 0 Å². The van der Waals surface area contributed by atoms with E-state index in [1.807, 2.05) is 41.5 Å². The monoisotopic (exact) mass is 332 g/mol. The highest BCUT2D eigenvalue weighted by Crippen LogP contribution is 2.39. The van der Waals surface area contributed by atoms with Crippen molar-refractivity contribution in [1.82, 2.24) is 0 Å². The summed E-state index contributed by atoms with van der Waals surface area (Å²) in [6.45, 7) is 11.2. The van der Waals surface area contributed by atoms with Crippen LogP contribution >= 0.6 is 0 Å². The molecule has 1 unspecified atom stereocenters. The number of carbonyl (C=O) groups is 1. The fraction of sp³-hybridized carbons (Fsp3) is 0.941. The minimum absolute atomic E-state index is 0.373. The summed E-state index contributed by atoms with van der Waals surface area (Å²) in [6.07, 6.45) is 3.85. The highest BCUT2D eigenvalue weighted by atomic mass is 17.3. The van der Waals surface area contributed by atoms with Gasteiger partial charge in [0.2, 0.25) is 5.79 Å². The summed E-state index contributed by atoms with van der Waals surface area (Å²) in [6, 6.07) is 0. The lowest BCUT2D eigenvalue weighted by Crippen LogP contribution is -2.49. The maximum absolute atomic E-state index is 12.3. The number of methoxy groups -OCH3 is 1. The van der Waals surface area contributed by atoms with Crippen LogP contribution in [0, 0.1) is 5.92 Å². The first-order valence-corrected chi connectivity index (χ1v) is 8.31. The predicted octanol–water partition coefficient (Wildman–Crippen LogP) is 3.93. The lowest BCUT2D eigenvalue weighted by molar-refractivity contribution is -0.550. The minimum Gasteiger partial charge on any atom is -0.469 e. The van der Waals surface area contributed by atoms with Crippen LogP contribution < -0.4 is 0 Å². The van der Waals surface area contributed by atoms with Crippen LogP contribution in [-0.2, 0) is 29.1 Å². The zero-order valence-corrected chi connectivity index (χ0v) is 15.6. The summed E-state index contributed by atoms with van der Waals surface area (Å²) in [4.78, 5) is 34.7. The van der Waals surface area contributed by atoms with Gasteiger partial charge in [0.15, 0.2) is 0 Å². The molecule has 0 aliphatic heterocycles. The van der Waals surface area contributed by atoms with E-state index in [0.29, 0.717) is 12.8 Å². The Morgan fingerprint density at radius 3 is 1.87 bits per heavy atom. The van der Waals surface area contributed by atoms with Crippen molar-refractivity contribution in [2.45, 2.75) is 90.6 Å². The van der Waals surface area contributed by atoms with Gasteiger partial charge in [-0.3, -0.25) is 4.79 Å². The van der Waals surface area contributed by atoms with Gasteiger partial charge in [-0.2, -0.15) is 9.78 Å². The van der Waals surface area contributed by atoms with Gasteiger partial charge in [0.25, 0.3) is 0 Å². The summed E-state index contributed by atoms with van der Waals surface area (Å²) in [5, 5.41) is 0. The van der Waals surface area contributed by atoms with Gasteiger partial charge >= 0.3 is 5.97 Å². The Balaban J connectivity index is 3.06. The zero-order chi connectivity index (χ0) is 17.7. The molecule has 1 aliphatic rings. The molecule has 1 aliphatic carbocycles. The topological polar surface area (TPSA) is 63.2 Å². The Labute approximate surface area is 139 Å². The molecule has 0 aromatic carbocycles. The van der Waals surface area contributed by atoms with Crippen LogP contribution in [-0.4, -0.2) is 30.1 Å². The lowest BCUT2D eigenvalue weighted by atomic mass is 9.93. The van der Waals surface area contributed by atoms with Gasteiger partial charge < -0.3 is 4.74 Å². The van der Waals surface area contributed by atoms with E-state index in [9.17, 15) is 4.79 Å². The fourth-order valence-electron chi connectivity index (χ4n) is 2.33. The normalized spacial score (nSPS) is 22.5. The molecule has 0 amide bonds. The van der Waals surface area contributed by atoms with Gasteiger partial charge in [-0.05, 0) is 54.4 Å². The SMILES string of the molecule is COC(=O)C1CCCCCC1(OOC(C)(C)C)OOC(C)(C)C. The van der Waals surface area contributed by atoms with E-state index >= 15 is 0 Å². The molecule has 0 heterocycles. The molecule has 136 valence electrons. The van der Waals surface area contributed by atoms with E-state index in [-0.39, 0.29) is 5.97 Å². The van der Waals surface area contributed by atoms with Crippen molar-refractivity contribution in [3.8, 4) is 0 Å². The number of ether oxygens (including phenoxy) is 1. The van der Waals surface area contributed by atoms with Crippen LogP contribution in [0.4, 0.5) is 0 Å². The predicted molar refractivity (Wildman–Crippen MR) is 85.2 cm³/mol.